The predicted octanol–water partition coefficient (Wildman–Crippen LogP) is 4.41. The van der Waals surface area contributed by atoms with Crippen LogP contribution in [0.2, 0.25) is 0 Å². The molecule has 1 aliphatic heterocycles. The zero-order valence-corrected chi connectivity index (χ0v) is 15.2. The number of ether oxygens (including phenoxy) is 1. The van der Waals surface area contributed by atoms with Crippen molar-refractivity contribution in [1.29, 1.82) is 0 Å². The molecule has 2 aromatic rings. The third-order valence-electron chi connectivity index (χ3n) is 4.27. The highest BCUT2D eigenvalue weighted by Crippen LogP contribution is 2.24. The molecule has 1 aliphatic rings. The Hall–Kier alpha value is -2.49. The van der Waals surface area contributed by atoms with Crippen LogP contribution in [-0.4, -0.2) is 42.8 Å². The van der Waals surface area contributed by atoms with Gasteiger partial charge in [-0.25, -0.2) is 4.79 Å². The van der Waals surface area contributed by atoms with E-state index in [1.165, 1.54) is 16.8 Å². The minimum atomic E-state index is -0.443. The summed E-state index contributed by atoms with van der Waals surface area (Å²) in [6.07, 6.45) is -0.216. The van der Waals surface area contributed by atoms with Crippen LogP contribution in [0, 0.1) is 0 Å². The van der Waals surface area contributed by atoms with Crippen LogP contribution >= 0.6 is 0 Å². The lowest BCUT2D eigenvalue weighted by Crippen LogP contribution is -2.50. The number of piperazine rings is 1. The largest absolute Gasteiger partial charge is 0.444 e. The number of anilines is 1. The molecule has 4 heteroatoms. The van der Waals surface area contributed by atoms with Crippen molar-refractivity contribution in [2.45, 2.75) is 26.4 Å². The monoisotopic (exact) mass is 338 g/mol. The van der Waals surface area contributed by atoms with Crippen molar-refractivity contribution in [1.82, 2.24) is 4.90 Å². The van der Waals surface area contributed by atoms with Crippen LogP contribution in [0.1, 0.15) is 20.8 Å². The van der Waals surface area contributed by atoms with E-state index in [4.69, 9.17) is 4.74 Å². The molecule has 0 atom stereocenters. The average Bonchev–Trinajstić information content (AvgIpc) is 2.61. The first kappa shape index (κ1) is 17.3. The number of rotatable bonds is 2. The third-order valence-corrected chi connectivity index (χ3v) is 4.27. The van der Waals surface area contributed by atoms with Crippen LogP contribution in [0.4, 0.5) is 10.5 Å². The molecular formula is C21H26N2O2. The molecule has 0 aliphatic carbocycles. The number of benzene rings is 2. The SMILES string of the molecule is CC(C)(C)OC(=O)N1CCN(c2ccc(-c3ccccc3)cc2)CC1. The number of carbonyl (C=O) groups is 1. The normalized spacial score (nSPS) is 15.2. The van der Waals surface area contributed by atoms with E-state index in [9.17, 15) is 4.79 Å². The summed E-state index contributed by atoms with van der Waals surface area (Å²) in [4.78, 5) is 16.3. The fraction of sp³-hybridized carbons (Fsp3) is 0.381. The van der Waals surface area contributed by atoms with Crippen molar-refractivity contribution in [2.75, 3.05) is 31.1 Å². The quantitative estimate of drug-likeness (QED) is 0.813. The van der Waals surface area contributed by atoms with Gasteiger partial charge in [0.05, 0.1) is 0 Å². The second-order valence-electron chi connectivity index (χ2n) is 7.37. The number of carbonyl (C=O) groups excluding carboxylic acids is 1. The van der Waals surface area contributed by atoms with E-state index in [1.54, 1.807) is 4.90 Å². The Bertz CT molecular complexity index is 697. The van der Waals surface area contributed by atoms with Gasteiger partial charge in [-0.3, -0.25) is 0 Å². The van der Waals surface area contributed by atoms with E-state index < -0.39 is 5.60 Å². The highest BCUT2D eigenvalue weighted by molar-refractivity contribution is 5.69. The van der Waals surface area contributed by atoms with Crippen LogP contribution in [0.15, 0.2) is 54.6 Å². The molecule has 1 fully saturated rings. The molecule has 3 rings (SSSR count). The van der Waals surface area contributed by atoms with Gasteiger partial charge in [-0.2, -0.15) is 0 Å². The number of nitrogens with zero attached hydrogens (tertiary/aromatic N) is 2. The molecule has 0 unspecified atom stereocenters. The lowest BCUT2D eigenvalue weighted by Gasteiger charge is -2.36. The second-order valence-corrected chi connectivity index (χ2v) is 7.37. The molecule has 132 valence electrons. The van der Waals surface area contributed by atoms with Gasteiger partial charge in [0.25, 0.3) is 0 Å². The smallest absolute Gasteiger partial charge is 0.410 e. The molecule has 0 aromatic heterocycles. The first-order valence-corrected chi connectivity index (χ1v) is 8.81. The van der Waals surface area contributed by atoms with Gasteiger partial charge in [0.2, 0.25) is 0 Å². The van der Waals surface area contributed by atoms with Gasteiger partial charge >= 0.3 is 6.09 Å². The zero-order valence-electron chi connectivity index (χ0n) is 15.2. The van der Waals surface area contributed by atoms with Gasteiger partial charge in [-0.15, -0.1) is 0 Å². The van der Waals surface area contributed by atoms with Gasteiger partial charge in [-0.05, 0) is 44.0 Å². The van der Waals surface area contributed by atoms with Gasteiger partial charge in [0.1, 0.15) is 5.60 Å². The zero-order chi connectivity index (χ0) is 17.9. The van der Waals surface area contributed by atoms with Gasteiger partial charge < -0.3 is 14.5 Å². The van der Waals surface area contributed by atoms with E-state index in [0.29, 0.717) is 13.1 Å². The molecule has 0 bridgehead atoms. The molecule has 2 aromatic carbocycles. The van der Waals surface area contributed by atoms with Crippen LogP contribution in [0.3, 0.4) is 0 Å². The van der Waals surface area contributed by atoms with Crippen molar-refractivity contribution < 1.29 is 9.53 Å². The molecule has 0 spiro atoms. The van der Waals surface area contributed by atoms with E-state index in [-0.39, 0.29) is 6.09 Å². The van der Waals surface area contributed by atoms with E-state index >= 15 is 0 Å². The van der Waals surface area contributed by atoms with Crippen LogP contribution < -0.4 is 4.90 Å². The van der Waals surface area contributed by atoms with Gasteiger partial charge in [-0.1, -0.05) is 42.5 Å². The van der Waals surface area contributed by atoms with Crippen LogP contribution in [0.5, 0.6) is 0 Å². The van der Waals surface area contributed by atoms with Crippen molar-refractivity contribution in [3.05, 3.63) is 54.6 Å². The Morgan fingerprint density at radius 1 is 0.840 bits per heavy atom. The number of amides is 1. The molecule has 25 heavy (non-hydrogen) atoms. The Balaban J connectivity index is 1.59. The topological polar surface area (TPSA) is 32.8 Å². The second kappa shape index (κ2) is 7.18. The minimum absolute atomic E-state index is 0.216. The molecule has 1 amide bonds. The molecule has 0 saturated carbocycles. The maximum absolute atomic E-state index is 12.1. The molecule has 1 saturated heterocycles. The Morgan fingerprint density at radius 2 is 1.40 bits per heavy atom. The molecular weight excluding hydrogens is 312 g/mol. The lowest BCUT2D eigenvalue weighted by molar-refractivity contribution is 0.0240. The standard InChI is InChI=1S/C21H26N2O2/c1-21(2,3)25-20(24)23-15-13-22(14-16-23)19-11-9-18(10-12-19)17-7-5-4-6-8-17/h4-12H,13-16H2,1-3H3. The minimum Gasteiger partial charge on any atom is -0.444 e. The van der Waals surface area contributed by atoms with Crippen LogP contribution in [-0.2, 0) is 4.74 Å². The first-order valence-electron chi connectivity index (χ1n) is 8.81. The van der Waals surface area contributed by atoms with E-state index in [1.807, 2.05) is 26.8 Å². The van der Waals surface area contributed by atoms with Crippen molar-refractivity contribution in [2.24, 2.45) is 0 Å². The van der Waals surface area contributed by atoms with E-state index in [2.05, 4.69) is 53.4 Å². The molecule has 0 N–H and O–H groups in total. The predicted molar refractivity (Wildman–Crippen MR) is 102 cm³/mol. The molecule has 0 radical (unpaired) electrons. The maximum atomic E-state index is 12.1. The average molecular weight is 338 g/mol. The summed E-state index contributed by atoms with van der Waals surface area (Å²) in [6.45, 7) is 8.72. The van der Waals surface area contributed by atoms with Crippen molar-refractivity contribution >= 4 is 11.8 Å². The first-order chi connectivity index (χ1) is 11.9. The number of hydrogen-bond donors (Lipinski definition) is 0. The Morgan fingerprint density at radius 3 is 1.96 bits per heavy atom. The maximum Gasteiger partial charge on any atom is 0.410 e. The van der Waals surface area contributed by atoms with E-state index in [0.717, 1.165) is 13.1 Å². The summed E-state index contributed by atoms with van der Waals surface area (Å²) in [6, 6.07) is 19.0. The number of hydrogen-bond acceptors (Lipinski definition) is 3. The van der Waals surface area contributed by atoms with Crippen LogP contribution in [0.25, 0.3) is 11.1 Å². The molecule has 4 nitrogen and oxygen atoms in total. The van der Waals surface area contributed by atoms with Crippen molar-refractivity contribution in [3.63, 3.8) is 0 Å². The summed E-state index contributed by atoms with van der Waals surface area (Å²) in [5.74, 6) is 0. The third kappa shape index (κ3) is 4.53. The van der Waals surface area contributed by atoms with Gasteiger partial charge in [0, 0.05) is 31.9 Å². The Labute approximate surface area is 150 Å². The fourth-order valence-electron chi connectivity index (χ4n) is 2.97. The van der Waals surface area contributed by atoms with Gasteiger partial charge in [0.15, 0.2) is 0 Å². The summed E-state index contributed by atoms with van der Waals surface area (Å²) in [5.41, 5.74) is 3.20. The summed E-state index contributed by atoms with van der Waals surface area (Å²) < 4.78 is 5.45. The lowest BCUT2D eigenvalue weighted by atomic mass is 10.1. The highest BCUT2D eigenvalue weighted by Gasteiger charge is 2.25. The Kier molecular flexibility index (Phi) is 4.98. The molecule has 1 heterocycles. The highest BCUT2D eigenvalue weighted by atomic mass is 16.6. The summed E-state index contributed by atoms with van der Waals surface area (Å²) in [7, 11) is 0. The van der Waals surface area contributed by atoms with Crippen molar-refractivity contribution in [3.8, 4) is 11.1 Å². The summed E-state index contributed by atoms with van der Waals surface area (Å²) in [5, 5.41) is 0. The summed E-state index contributed by atoms with van der Waals surface area (Å²) >= 11 is 0. The fourth-order valence-corrected chi connectivity index (χ4v) is 2.97.